The number of ether oxygens (including phenoxy) is 1. The summed E-state index contributed by atoms with van der Waals surface area (Å²) in [5, 5.41) is 3.28. The fourth-order valence-corrected chi connectivity index (χ4v) is 2.71. The summed E-state index contributed by atoms with van der Waals surface area (Å²) in [6.07, 6.45) is 0.993. The van der Waals surface area contributed by atoms with Crippen LogP contribution >= 0.6 is 11.3 Å². The molecule has 3 rings (SSSR count). The number of rotatable bonds is 4. The van der Waals surface area contributed by atoms with Crippen LogP contribution in [-0.4, -0.2) is 11.6 Å². The van der Waals surface area contributed by atoms with Crippen LogP contribution in [0.3, 0.4) is 0 Å². The van der Waals surface area contributed by atoms with Gasteiger partial charge in [0.25, 0.3) is 0 Å². The third-order valence-electron chi connectivity index (χ3n) is 2.97. The lowest BCUT2D eigenvalue weighted by Gasteiger charge is -2.07. The molecule has 2 aromatic carbocycles. The summed E-state index contributed by atoms with van der Waals surface area (Å²) in [6.45, 7) is 2.82. The molecule has 0 aliphatic rings. The quantitative estimate of drug-likeness (QED) is 0.692. The van der Waals surface area contributed by atoms with Crippen molar-refractivity contribution < 1.29 is 4.74 Å². The van der Waals surface area contributed by atoms with Crippen LogP contribution in [0.1, 0.15) is 13.3 Å². The van der Waals surface area contributed by atoms with Crippen molar-refractivity contribution in [3.63, 3.8) is 0 Å². The molecule has 0 atom stereocenters. The zero-order valence-corrected chi connectivity index (χ0v) is 11.5. The highest BCUT2D eigenvalue weighted by Crippen LogP contribution is 2.36. The molecule has 0 spiro atoms. The average molecular weight is 268 g/mol. The number of nitrogens with zero attached hydrogens (tertiary/aromatic N) is 1. The molecule has 0 aliphatic heterocycles. The molecule has 0 aliphatic carbocycles. The van der Waals surface area contributed by atoms with Gasteiger partial charge in [-0.05, 0) is 17.2 Å². The van der Waals surface area contributed by atoms with Gasteiger partial charge in [0.2, 0.25) is 5.06 Å². The van der Waals surface area contributed by atoms with Crippen LogP contribution in [0.4, 0.5) is 0 Å². The Balaban J connectivity index is 2.12. The first-order valence-corrected chi connectivity index (χ1v) is 7.19. The van der Waals surface area contributed by atoms with Gasteiger partial charge in [0.05, 0.1) is 6.61 Å². The lowest BCUT2D eigenvalue weighted by molar-refractivity contribution is 0.327. The summed E-state index contributed by atoms with van der Waals surface area (Å²) in [5.41, 5.74) is 4.95. The van der Waals surface area contributed by atoms with Crippen molar-refractivity contribution in [2.24, 2.45) is 0 Å². The second-order valence-corrected chi connectivity index (χ2v) is 5.07. The van der Waals surface area contributed by atoms with E-state index in [9.17, 15) is 0 Å². The standard InChI is InChI=1S/C16H14NOS/c1-2-10-18-16-15(17-11-19-16)14-9-5-7-12-6-3-4-8-13(12)14/h3-9H,2,10H2,1H3. The van der Waals surface area contributed by atoms with Crippen molar-refractivity contribution in [3.05, 3.63) is 48.0 Å². The molecule has 0 amide bonds. The van der Waals surface area contributed by atoms with Crippen LogP contribution in [-0.2, 0) is 0 Å². The molecular formula is C16H14NOS. The van der Waals surface area contributed by atoms with Gasteiger partial charge in [-0.25, -0.2) is 4.98 Å². The summed E-state index contributed by atoms with van der Waals surface area (Å²) < 4.78 is 5.75. The maximum Gasteiger partial charge on any atom is 0.202 e. The topological polar surface area (TPSA) is 22.1 Å². The van der Waals surface area contributed by atoms with E-state index in [-0.39, 0.29) is 0 Å². The van der Waals surface area contributed by atoms with Gasteiger partial charge in [0.1, 0.15) is 5.69 Å². The van der Waals surface area contributed by atoms with Crippen LogP contribution < -0.4 is 4.74 Å². The van der Waals surface area contributed by atoms with Crippen molar-refractivity contribution in [2.45, 2.75) is 13.3 Å². The number of hydrogen-bond donors (Lipinski definition) is 0. The van der Waals surface area contributed by atoms with E-state index in [1.165, 1.54) is 22.1 Å². The Morgan fingerprint density at radius 2 is 2.00 bits per heavy atom. The maximum atomic E-state index is 5.75. The zero-order chi connectivity index (χ0) is 13.1. The fraction of sp³-hybridized carbons (Fsp3) is 0.188. The van der Waals surface area contributed by atoms with E-state index >= 15 is 0 Å². The van der Waals surface area contributed by atoms with Gasteiger partial charge in [-0.2, -0.15) is 0 Å². The molecule has 1 heterocycles. The minimum Gasteiger partial charge on any atom is -0.482 e. The van der Waals surface area contributed by atoms with Crippen molar-refractivity contribution in [1.29, 1.82) is 0 Å². The number of hydrogen-bond acceptors (Lipinski definition) is 3. The molecule has 95 valence electrons. The third kappa shape index (κ3) is 2.34. The number of fused-ring (bicyclic) bond motifs is 1. The minimum absolute atomic E-state index is 0.716. The largest absolute Gasteiger partial charge is 0.482 e. The van der Waals surface area contributed by atoms with Gasteiger partial charge in [-0.15, -0.1) is 0 Å². The molecule has 0 unspecified atom stereocenters. The first kappa shape index (κ1) is 12.2. The number of benzene rings is 2. The van der Waals surface area contributed by atoms with E-state index in [2.05, 4.69) is 53.8 Å². The average Bonchev–Trinajstić information content (AvgIpc) is 2.92. The minimum atomic E-state index is 0.716. The Morgan fingerprint density at radius 1 is 1.16 bits per heavy atom. The molecule has 1 radical (unpaired) electrons. The third-order valence-corrected chi connectivity index (χ3v) is 3.65. The molecule has 3 aromatic rings. The molecular weight excluding hydrogens is 254 g/mol. The Labute approximate surface area is 116 Å². The van der Waals surface area contributed by atoms with E-state index in [1.54, 1.807) is 0 Å². The molecule has 19 heavy (non-hydrogen) atoms. The van der Waals surface area contributed by atoms with Crippen LogP contribution in [0, 0.1) is 5.51 Å². The van der Waals surface area contributed by atoms with Gasteiger partial charge in [0.15, 0.2) is 5.51 Å². The van der Waals surface area contributed by atoms with Crippen molar-refractivity contribution >= 4 is 22.1 Å². The molecule has 0 saturated carbocycles. The molecule has 0 fully saturated rings. The predicted molar refractivity (Wildman–Crippen MR) is 79.7 cm³/mol. The number of thiazole rings is 1. The van der Waals surface area contributed by atoms with Gasteiger partial charge in [0, 0.05) is 5.56 Å². The van der Waals surface area contributed by atoms with Crippen molar-refractivity contribution in [2.75, 3.05) is 6.61 Å². The molecule has 2 nitrogen and oxygen atoms in total. The van der Waals surface area contributed by atoms with Crippen molar-refractivity contribution in [3.8, 4) is 16.3 Å². The highest BCUT2D eigenvalue weighted by atomic mass is 32.1. The predicted octanol–water partition coefficient (Wildman–Crippen LogP) is 4.55. The Morgan fingerprint density at radius 3 is 2.89 bits per heavy atom. The lowest BCUT2D eigenvalue weighted by Crippen LogP contribution is -1.94. The SMILES string of the molecule is CCCOc1s[c]nc1-c1cccc2ccccc12. The highest BCUT2D eigenvalue weighted by molar-refractivity contribution is 7.11. The van der Waals surface area contributed by atoms with Crippen LogP contribution in [0.25, 0.3) is 22.0 Å². The van der Waals surface area contributed by atoms with E-state index in [1.807, 2.05) is 6.07 Å². The van der Waals surface area contributed by atoms with Crippen molar-refractivity contribution in [1.82, 2.24) is 4.98 Å². The van der Waals surface area contributed by atoms with E-state index < -0.39 is 0 Å². The van der Waals surface area contributed by atoms with Crippen LogP contribution in [0.5, 0.6) is 5.06 Å². The monoisotopic (exact) mass is 268 g/mol. The second kappa shape index (κ2) is 5.41. The van der Waals surface area contributed by atoms with E-state index in [0.717, 1.165) is 22.7 Å². The Hall–Kier alpha value is -1.87. The summed E-state index contributed by atoms with van der Waals surface area (Å²) in [4.78, 5) is 4.36. The first-order chi connectivity index (χ1) is 9.40. The second-order valence-electron chi connectivity index (χ2n) is 4.32. The van der Waals surface area contributed by atoms with Gasteiger partial charge in [-0.1, -0.05) is 60.7 Å². The van der Waals surface area contributed by atoms with E-state index in [0.29, 0.717) is 6.61 Å². The lowest BCUT2D eigenvalue weighted by atomic mass is 10.0. The normalized spacial score (nSPS) is 10.8. The molecule has 0 saturated heterocycles. The van der Waals surface area contributed by atoms with E-state index in [4.69, 9.17) is 4.74 Å². The Kier molecular flexibility index (Phi) is 3.47. The molecule has 1 aromatic heterocycles. The Bertz CT molecular complexity index is 685. The summed E-state index contributed by atoms with van der Waals surface area (Å²) in [7, 11) is 0. The van der Waals surface area contributed by atoms with Crippen LogP contribution in [0.15, 0.2) is 42.5 Å². The fourth-order valence-electron chi connectivity index (χ4n) is 2.10. The zero-order valence-electron chi connectivity index (χ0n) is 10.7. The smallest absolute Gasteiger partial charge is 0.202 e. The van der Waals surface area contributed by atoms with Gasteiger partial charge in [-0.3, -0.25) is 0 Å². The first-order valence-electron chi connectivity index (χ1n) is 6.38. The number of aromatic nitrogens is 1. The highest BCUT2D eigenvalue weighted by Gasteiger charge is 2.12. The maximum absolute atomic E-state index is 5.75. The summed E-state index contributed by atoms with van der Waals surface area (Å²) in [5.74, 6) is 0. The van der Waals surface area contributed by atoms with Gasteiger partial charge >= 0.3 is 0 Å². The molecule has 0 bridgehead atoms. The molecule has 0 N–H and O–H groups in total. The summed E-state index contributed by atoms with van der Waals surface area (Å²) >= 11 is 1.43. The molecule has 3 heteroatoms. The van der Waals surface area contributed by atoms with Gasteiger partial charge < -0.3 is 4.74 Å². The summed E-state index contributed by atoms with van der Waals surface area (Å²) in [6, 6.07) is 14.6. The van der Waals surface area contributed by atoms with Crippen LogP contribution in [0.2, 0.25) is 0 Å².